The summed E-state index contributed by atoms with van der Waals surface area (Å²) in [6.45, 7) is 9.38. The average molecular weight is 363 g/mol. The van der Waals surface area contributed by atoms with Gasteiger partial charge >= 0.3 is 0 Å². The number of fused-ring (bicyclic) bond motifs is 1. The van der Waals surface area contributed by atoms with Crippen LogP contribution in [0.1, 0.15) is 56.8 Å². The lowest BCUT2D eigenvalue weighted by Crippen LogP contribution is -2.22. The van der Waals surface area contributed by atoms with Gasteiger partial charge in [0.05, 0.1) is 11.7 Å². The molecule has 1 unspecified atom stereocenters. The molecule has 1 aromatic carbocycles. The van der Waals surface area contributed by atoms with Crippen LogP contribution in [0.2, 0.25) is 0 Å². The van der Waals surface area contributed by atoms with Crippen molar-refractivity contribution in [2.24, 2.45) is 0 Å². The smallest absolute Gasteiger partial charge is 0.224 e. The highest BCUT2D eigenvalue weighted by Gasteiger charge is 2.17. The molecule has 5 nitrogen and oxygen atoms in total. The van der Waals surface area contributed by atoms with E-state index in [9.17, 15) is 4.79 Å². The van der Waals surface area contributed by atoms with E-state index in [1.807, 2.05) is 16.9 Å². The molecule has 1 amide bonds. The van der Waals surface area contributed by atoms with E-state index < -0.39 is 0 Å². The van der Waals surface area contributed by atoms with E-state index >= 15 is 0 Å². The van der Waals surface area contributed by atoms with Crippen molar-refractivity contribution in [3.63, 3.8) is 0 Å². The first kappa shape index (κ1) is 19.5. The van der Waals surface area contributed by atoms with Gasteiger partial charge in [0.1, 0.15) is 0 Å². The Hall–Kier alpha value is -1.85. The maximum Gasteiger partial charge on any atom is 0.224 e. The molecule has 0 spiro atoms. The van der Waals surface area contributed by atoms with Crippen LogP contribution >= 0.6 is 12.4 Å². The summed E-state index contributed by atoms with van der Waals surface area (Å²) < 4.78 is 2.00. The Labute approximate surface area is 155 Å². The zero-order valence-electron chi connectivity index (χ0n) is 15.3. The highest BCUT2D eigenvalue weighted by atomic mass is 35.5. The molecule has 0 aliphatic carbocycles. The summed E-state index contributed by atoms with van der Waals surface area (Å²) in [7, 11) is 0. The molecule has 2 aromatic rings. The minimum Gasteiger partial charge on any atom is -0.326 e. The van der Waals surface area contributed by atoms with Gasteiger partial charge in [-0.25, -0.2) is 0 Å². The highest BCUT2D eigenvalue weighted by Crippen LogP contribution is 2.26. The van der Waals surface area contributed by atoms with E-state index in [4.69, 9.17) is 0 Å². The normalized spacial score (nSPS) is 15.1. The van der Waals surface area contributed by atoms with E-state index in [0.29, 0.717) is 6.42 Å². The molecule has 0 saturated heterocycles. The fourth-order valence-electron chi connectivity index (χ4n) is 2.88. The van der Waals surface area contributed by atoms with Gasteiger partial charge in [-0.15, -0.1) is 12.4 Å². The first-order valence-electron chi connectivity index (χ1n) is 8.53. The second-order valence-electron chi connectivity index (χ2n) is 7.53. The molecule has 1 atom stereocenters. The van der Waals surface area contributed by atoms with E-state index in [1.165, 1.54) is 16.7 Å². The van der Waals surface area contributed by atoms with Crippen LogP contribution in [0.4, 0.5) is 5.69 Å². The number of aromatic nitrogens is 2. The van der Waals surface area contributed by atoms with Crippen molar-refractivity contribution in [3.05, 3.63) is 47.3 Å². The number of carbonyl (C=O) groups is 1. The van der Waals surface area contributed by atoms with Crippen LogP contribution in [0.15, 0.2) is 30.6 Å². The number of anilines is 1. The van der Waals surface area contributed by atoms with E-state index in [1.54, 1.807) is 0 Å². The zero-order valence-corrected chi connectivity index (χ0v) is 16.1. The van der Waals surface area contributed by atoms with Gasteiger partial charge in [-0.05, 0) is 51.3 Å². The Morgan fingerprint density at radius 3 is 2.76 bits per heavy atom. The molecule has 1 aliphatic heterocycles. The van der Waals surface area contributed by atoms with E-state index in [0.717, 1.165) is 18.7 Å². The fourth-order valence-corrected chi connectivity index (χ4v) is 2.88. The standard InChI is InChI=1S/C19H26N4O.ClH/c1-13(20-10-14-11-21-23(12-14)19(2,3)4)15-5-7-17-16(9-15)6-8-18(24)22-17;/h5,7,9,11-13,20H,6,8,10H2,1-4H3,(H,22,24);1H. The summed E-state index contributed by atoms with van der Waals surface area (Å²) >= 11 is 0. The van der Waals surface area contributed by atoms with Crippen LogP contribution in [0.3, 0.4) is 0 Å². The molecule has 3 rings (SSSR count). The molecule has 0 fully saturated rings. The topological polar surface area (TPSA) is 59.0 Å². The Kier molecular flexibility index (Phi) is 5.91. The third-order valence-electron chi connectivity index (χ3n) is 4.46. The Bertz CT molecular complexity index is 748. The minimum atomic E-state index is 0. The first-order chi connectivity index (χ1) is 11.3. The molecule has 2 heterocycles. The van der Waals surface area contributed by atoms with Gasteiger partial charge in [0.15, 0.2) is 0 Å². The summed E-state index contributed by atoms with van der Waals surface area (Å²) in [6, 6.07) is 6.54. The quantitative estimate of drug-likeness (QED) is 0.869. The van der Waals surface area contributed by atoms with Crippen LogP contribution in [-0.2, 0) is 23.3 Å². The summed E-state index contributed by atoms with van der Waals surface area (Å²) in [5, 5.41) is 10.9. The average Bonchev–Trinajstić information content (AvgIpc) is 3.01. The highest BCUT2D eigenvalue weighted by molar-refractivity contribution is 5.93. The molecule has 2 N–H and O–H groups in total. The Morgan fingerprint density at radius 2 is 2.08 bits per heavy atom. The lowest BCUT2D eigenvalue weighted by Gasteiger charge is -2.20. The fraction of sp³-hybridized carbons (Fsp3) is 0.474. The van der Waals surface area contributed by atoms with Gasteiger partial charge in [-0.3, -0.25) is 9.48 Å². The van der Waals surface area contributed by atoms with Crippen LogP contribution in [-0.4, -0.2) is 15.7 Å². The number of hydrogen-bond acceptors (Lipinski definition) is 3. The number of hydrogen-bond donors (Lipinski definition) is 2. The molecule has 0 radical (unpaired) electrons. The Morgan fingerprint density at radius 1 is 1.32 bits per heavy atom. The SMILES string of the molecule is CC(NCc1cnn(C(C)(C)C)c1)c1ccc2c(c1)CCC(=O)N2.Cl. The second kappa shape index (κ2) is 7.58. The van der Waals surface area contributed by atoms with E-state index in [2.05, 4.69) is 61.8 Å². The number of carbonyl (C=O) groups excluding carboxylic acids is 1. The third kappa shape index (κ3) is 4.61. The van der Waals surface area contributed by atoms with Crippen LogP contribution < -0.4 is 10.6 Å². The van der Waals surface area contributed by atoms with Crippen molar-refractivity contribution in [3.8, 4) is 0 Å². The van der Waals surface area contributed by atoms with Crippen molar-refractivity contribution < 1.29 is 4.79 Å². The lowest BCUT2D eigenvalue weighted by atomic mass is 9.98. The molecule has 25 heavy (non-hydrogen) atoms. The zero-order chi connectivity index (χ0) is 17.3. The second-order valence-corrected chi connectivity index (χ2v) is 7.53. The number of nitrogens with zero attached hydrogens (tertiary/aromatic N) is 2. The molecule has 0 bridgehead atoms. The van der Waals surface area contributed by atoms with Crippen molar-refractivity contribution in [2.45, 2.75) is 58.7 Å². The largest absolute Gasteiger partial charge is 0.326 e. The maximum atomic E-state index is 11.4. The summed E-state index contributed by atoms with van der Waals surface area (Å²) in [4.78, 5) is 11.4. The molecule has 1 aliphatic rings. The number of nitrogens with one attached hydrogen (secondary N) is 2. The van der Waals surface area contributed by atoms with Crippen molar-refractivity contribution in [1.82, 2.24) is 15.1 Å². The van der Waals surface area contributed by atoms with Gasteiger partial charge in [0.25, 0.3) is 0 Å². The summed E-state index contributed by atoms with van der Waals surface area (Å²) in [5.41, 5.74) is 4.61. The van der Waals surface area contributed by atoms with Crippen LogP contribution in [0.25, 0.3) is 0 Å². The van der Waals surface area contributed by atoms with Crippen LogP contribution in [0, 0.1) is 0 Å². The molecule has 6 heteroatoms. The predicted octanol–water partition coefficient (Wildman–Crippen LogP) is 3.80. The third-order valence-corrected chi connectivity index (χ3v) is 4.46. The summed E-state index contributed by atoms with van der Waals surface area (Å²) in [5.74, 6) is 0.109. The molecule has 136 valence electrons. The molecular weight excluding hydrogens is 336 g/mol. The number of benzene rings is 1. The molecule has 0 saturated carbocycles. The van der Waals surface area contributed by atoms with Gasteiger partial charge < -0.3 is 10.6 Å². The van der Waals surface area contributed by atoms with Gasteiger partial charge in [-0.2, -0.15) is 5.10 Å². The van der Waals surface area contributed by atoms with Crippen molar-refractivity contribution >= 4 is 24.0 Å². The van der Waals surface area contributed by atoms with Crippen molar-refractivity contribution in [1.29, 1.82) is 0 Å². The van der Waals surface area contributed by atoms with Gasteiger partial charge in [0, 0.05) is 36.5 Å². The number of halogens is 1. The number of amides is 1. The number of aryl methyl sites for hydroxylation is 1. The maximum absolute atomic E-state index is 11.4. The van der Waals surface area contributed by atoms with Gasteiger partial charge in [0.2, 0.25) is 5.91 Å². The molecular formula is C19H27ClN4O. The lowest BCUT2D eigenvalue weighted by molar-refractivity contribution is -0.116. The minimum absolute atomic E-state index is 0. The monoisotopic (exact) mass is 362 g/mol. The molecule has 1 aromatic heterocycles. The predicted molar refractivity (Wildman–Crippen MR) is 103 cm³/mol. The number of rotatable bonds is 4. The Balaban J connectivity index is 0.00000225. The van der Waals surface area contributed by atoms with Gasteiger partial charge in [-0.1, -0.05) is 12.1 Å². The van der Waals surface area contributed by atoms with E-state index in [-0.39, 0.29) is 29.9 Å². The summed E-state index contributed by atoms with van der Waals surface area (Å²) in [6.07, 6.45) is 5.42. The van der Waals surface area contributed by atoms with Crippen LogP contribution in [0.5, 0.6) is 0 Å². The first-order valence-corrected chi connectivity index (χ1v) is 8.53. The van der Waals surface area contributed by atoms with Crippen molar-refractivity contribution in [2.75, 3.05) is 5.32 Å².